The van der Waals surface area contributed by atoms with Crippen molar-refractivity contribution in [2.75, 3.05) is 7.11 Å². The van der Waals surface area contributed by atoms with Gasteiger partial charge in [0.1, 0.15) is 5.75 Å². The van der Waals surface area contributed by atoms with Crippen LogP contribution in [0.3, 0.4) is 0 Å². The van der Waals surface area contributed by atoms with Gasteiger partial charge in [0.2, 0.25) is 0 Å². The first-order valence-corrected chi connectivity index (χ1v) is 5.44. The van der Waals surface area contributed by atoms with Gasteiger partial charge in [-0.15, -0.1) is 12.4 Å². The summed E-state index contributed by atoms with van der Waals surface area (Å²) < 4.78 is 4.73. The number of esters is 1. The monoisotopic (exact) mass is 273 g/mol. The zero-order valence-electron chi connectivity index (χ0n) is 11.1. The molecule has 0 saturated heterocycles. The first kappa shape index (κ1) is 16.7. The summed E-state index contributed by atoms with van der Waals surface area (Å²) in [6, 6.07) is 4.54. The number of nitrogens with two attached hydrogens (primary N) is 1. The lowest BCUT2D eigenvalue weighted by atomic mass is 9.80. The van der Waals surface area contributed by atoms with Gasteiger partial charge in [0.05, 0.1) is 12.5 Å². The molecular weight excluding hydrogens is 254 g/mol. The Kier molecular flexibility index (Phi) is 5.64. The number of rotatable bonds is 3. The number of carbonyl (C=O) groups is 1. The standard InChI is InChI=1S/C13H19NO3.ClH/c1-8-5-6-10(15)9(7-8)11(14)13(2,3)12(16)17-4;/h5-7,11,15H,14H2,1-4H3;1H/t11-;/m1./s1. The molecule has 0 radical (unpaired) electrons. The van der Waals surface area contributed by atoms with Crippen LogP contribution in [-0.2, 0) is 9.53 Å². The summed E-state index contributed by atoms with van der Waals surface area (Å²) in [7, 11) is 1.33. The minimum atomic E-state index is -0.889. The van der Waals surface area contributed by atoms with Crippen molar-refractivity contribution < 1.29 is 14.6 Å². The predicted octanol–water partition coefficient (Wildman–Crippen LogP) is 2.32. The van der Waals surface area contributed by atoms with Crippen molar-refractivity contribution >= 4 is 18.4 Å². The Hall–Kier alpha value is -1.26. The van der Waals surface area contributed by atoms with E-state index in [9.17, 15) is 9.90 Å². The molecule has 18 heavy (non-hydrogen) atoms. The van der Waals surface area contributed by atoms with E-state index >= 15 is 0 Å². The van der Waals surface area contributed by atoms with Crippen molar-refractivity contribution in [3.63, 3.8) is 0 Å². The number of aromatic hydroxyl groups is 1. The molecule has 1 atom stereocenters. The molecule has 0 amide bonds. The smallest absolute Gasteiger partial charge is 0.313 e. The van der Waals surface area contributed by atoms with Crippen LogP contribution in [0.4, 0.5) is 0 Å². The van der Waals surface area contributed by atoms with Crippen LogP contribution in [0.2, 0.25) is 0 Å². The second-order valence-electron chi connectivity index (χ2n) is 4.75. The van der Waals surface area contributed by atoms with E-state index in [2.05, 4.69) is 0 Å². The van der Waals surface area contributed by atoms with Crippen molar-refractivity contribution in [3.05, 3.63) is 29.3 Å². The largest absolute Gasteiger partial charge is 0.508 e. The van der Waals surface area contributed by atoms with Crippen LogP contribution >= 0.6 is 12.4 Å². The minimum absolute atomic E-state index is 0. The van der Waals surface area contributed by atoms with E-state index in [4.69, 9.17) is 10.5 Å². The van der Waals surface area contributed by atoms with E-state index in [1.807, 2.05) is 6.92 Å². The van der Waals surface area contributed by atoms with Gasteiger partial charge < -0.3 is 15.6 Å². The van der Waals surface area contributed by atoms with E-state index in [-0.39, 0.29) is 18.2 Å². The number of ether oxygens (including phenoxy) is 1. The highest BCUT2D eigenvalue weighted by molar-refractivity contribution is 5.85. The molecule has 0 saturated carbocycles. The Labute approximate surface area is 114 Å². The first-order valence-electron chi connectivity index (χ1n) is 5.44. The number of hydrogen-bond acceptors (Lipinski definition) is 4. The Morgan fingerprint density at radius 3 is 2.50 bits per heavy atom. The van der Waals surface area contributed by atoms with Crippen molar-refractivity contribution in [3.8, 4) is 5.75 Å². The summed E-state index contributed by atoms with van der Waals surface area (Å²) in [4.78, 5) is 11.7. The van der Waals surface area contributed by atoms with Gasteiger partial charge in [-0.2, -0.15) is 0 Å². The Morgan fingerprint density at radius 2 is 2.00 bits per heavy atom. The molecule has 0 unspecified atom stereocenters. The second kappa shape index (κ2) is 6.07. The zero-order chi connectivity index (χ0) is 13.2. The molecule has 0 fully saturated rings. The lowest BCUT2D eigenvalue weighted by molar-refractivity contribution is -0.152. The Balaban J connectivity index is 0.00000289. The van der Waals surface area contributed by atoms with Gasteiger partial charge in [0, 0.05) is 11.6 Å². The number of aryl methyl sites for hydroxylation is 1. The third-order valence-electron chi connectivity index (χ3n) is 3.01. The van der Waals surface area contributed by atoms with Gasteiger partial charge in [-0.05, 0) is 26.8 Å². The normalized spacial score (nSPS) is 12.5. The topological polar surface area (TPSA) is 72.5 Å². The van der Waals surface area contributed by atoms with Crippen LogP contribution in [0.25, 0.3) is 0 Å². The summed E-state index contributed by atoms with van der Waals surface area (Å²) in [5.41, 5.74) is 6.71. The van der Waals surface area contributed by atoms with E-state index in [0.717, 1.165) is 5.56 Å². The van der Waals surface area contributed by atoms with Crippen LogP contribution in [0.5, 0.6) is 5.75 Å². The highest BCUT2D eigenvalue weighted by atomic mass is 35.5. The van der Waals surface area contributed by atoms with Gasteiger partial charge in [0.15, 0.2) is 0 Å². The van der Waals surface area contributed by atoms with Crippen LogP contribution < -0.4 is 5.73 Å². The molecule has 0 aliphatic carbocycles. The van der Waals surface area contributed by atoms with Gasteiger partial charge in [-0.1, -0.05) is 17.7 Å². The molecule has 1 rings (SSSR count). The third-order valence-corrected chi connectivity index (χ3v) is 3.01. The minimum Gasteiger partial charge on any atom is -0.508 e. The quantitative estimate of drug-likeness (QED) is 0.829. The highest BCUT2D eigenvalue weighted by Crippen LogP contribution is 2.36. The van der Waals surface area contributed by atoms with Crippen LogP contribution in [0, 0.1) is 12.3 Å². The Bertz CT molecular complexity index is 432. The number of phenolic OH excluding ortho intramolecular Hbond substituents is 1. The summed E-state index contributed by atoms with van der Waals surface area (Å²) in [6.07, 6.45) is 0. The molecule has 0 aromatic heterocycles. The molecule has 0 aliphatic heterocycles. The van der Waals surface area contributed by atoms with E-state index in [0.29, 0.717) is 5.56 Å². The summed E-state index contributed by atoms with van der Waals surface area (Å²) >= 11 is 0. The number of hydrogen-bond donors (Lipinski definition) is 2. The maximum absolute atomic E-state index is 11.7. The molecule has 4 nitrogen and oxygen atoms in total. The number of benzene rings is 1. The molecule has 0 bridgehead atoms. The molecule has 5 heteroatoms. The lowest BCUT2D eigenvalue weighted by Crippen LogP contribution is -2.37. The average Bonchev–Trinajstić information content (AvgIpc) is 2.30. The fourth-order valence-electron chi connectivity index (χ4n) is 1.70. The van der Waals surface area contributed by atoms with Crippen molar-refractivity contribution in [2.45, 2.75) is 26.8 Å². The number of methoxy groups -OCH3 is 1. The van der Waals surface area contributed by atoms with Gasteiger partial charge in [-0.25, -0.2) is 0 Å². The number of halogens is 1. The summed E-state index contributed by atoms with van der Waals surface area (Å²) in [5.74, 6) is -0.300. The van der Waals surface area contributed by atoms with Crippen LogP contribution in [-0.4, -0.2) is 18.2 Å². The van der Waals surface area contributed by atoms with Crippen molar-refractivity contribution in [2.24, 2.45) is 11.1 Å². The van der Waals surface area contributed by atoms with Gasteiger partial charge in [-0.3, -0.25) is 4.79 Å². The predicted molar refractivity (Wildman–Crippen MR) is 72.8 cm³/mol. The molecule has 0 heterocycles. The highest BCUT2D eigenvalue weighted by Gasteiger charge is 2.37. The van der Waals surface area contributed by atoms with E-state index in [1.165, 1.54) is 7.11 Å². The molecule has 3 N–H and O–H groups in total. The molecule has 0 aliphatic rings. The fourth-order valence-corrected chi connectivity index (χ4v) is 1.70. The maximum atomic E-state index is 11.7. The molecule has 1 aromatic carbocycles. The number of carbonyl (C=O) groups excluding carboxylic acids is 1. The van der Waals surface area contributed by atoms with Gasteiger partial charge in [0.25, 0.3) is 0 Å². The number of phenols is 1. The van der Waals surface area contributed by atoms with Crippen molar-refractivity contribution in [1.82, 2.24) is 0 Å². The fraction of sp³-hybridized carbons (Fsp3) is 0.462. The second-order valence-corrected chi connectivity index (χ2v) is 4.75. The Morgan fingerprint density at radius 1 is 1.44 bits per heavy atom. The van der Waals surface area contributed by atoms with E-state index < -0.39 is 17.4 Å². The van der Waals surface area contributed by atoms with Crippen LogP contribution in [0.1, 0.15) is 31.0 Å². The SMILES string of the molecule is COC(=O)C(C)(C)[C@H](N)c1cc(C)ccc1O.Cl. The molecule has 0 spiro atoms. The van der Waals surface area contributed by atoms with Crippen molar-refractivity contribution in [1.29, 1.82) is 0 Å². The zero-order valence-corrected chi connectivity index (χ0v) is 11.9. The summed E-state index contributed by atoms with van der Waals surface area (Å²) in [5, 5.41) is 9.79. The van der Waals surface area contributed by atoms with Gasteiger partial charge >= 0.3 is 5.97 Å². The van der Waals surface area contributed by atoms with Crippen LogP contribution in [0.15, 0.2) is 18.2 Å². The molecule has 102 valence electrons. The molecule has 1 aromatic rings. The lowest BCUT2D eigenvalue weighted by Gasteiger charge is -2.29. The average molecular weight is 274 g/mol. The van der Waals surface area contributed by atoms with E-state index in [1.54, 1.807) is 32.0 Å². The molecular formula is C13H20ClNO3. The maximum Gasteiger partial charge on any atom is 0.313 e. The first-order chi connectivity index (χ1) is 7.80. The third kappa shape index (κ3) is 3.15. The summed E-state index contributed by atoms with van der Waals surface area (Å²) in [6.45, 7) is 5.30.